The summed E-state index contributed by atoms with van der Waals surface area (Å²) >= 11 is 0. The first kappa shape index (κ1) is 12.1. The fourth-order valence-corrected chi connectivity index (χ4v) is 1.40. The minimum atomic E-state index is -0.432. The molecule has 0 atom stereocenters. The summed E-state index contributed by atoms with van der Waals surface area (Å²) in [6.07, 6.45) is 2.89. The Kier molecular flexibility index (Phi) is 4.29. The highest BCUT2D eigenvalue weighted by Gasteiger charge is 2.01. The van der Waals surface area contributed by atoms with Gasteiger partial charge in [0, 0.05) is 12.7 Å². The Labute approximate surface area is 105 Å². The number of ether oxygens (including phenoxy) is 1. The Balaban J connectivity index is 1.63. The molecule has 1 amide bonds. The van der Waals surface area contributed by atoms with Gasteiger partial charge in [-0.25, -0.2) is 4.79 Å². The van der Waals surface area contributed by atoms with E-state index in [-0.39, 0.29) is 6.61 Å². The van der Waals surface area contributed by atoms with Gasteiger partial charge in [0.05, 0.1) is 12.7 Å². The first-order valence-corrected chi connectivity index (χ1v) is 5.63. The quantitative estimate of drug-likeness (QED) is 0.860. The lowest BCUT2D eigenvalue weighted by Gasteiger charge is -2.06. The number of aromatic nitrogens is 3. The third-order valence-corrected chi connectivity index (χ3v) is 2.29. The number of rotatable bonds is 5. The van der Waals surface area contributed by atoms with Crippen LogP contribution in [0, 0.1) is 0 Å². The molecule has 0 aliphatic heterocycles. The Morgan fingerprint density at radius 3 is 2.89 bits per heavy atom. The van der Waals surface area contributed by atoms with Crippen LogP contribution in [0.2, 0.25) is 0 Å². The molecule has 0 saturated carbocycles. The van der Waals surface area contributed by atoms with Gasteiger partial charge in [-0.1, -0.05) is 35.5 Å². The lowest BCUT2D eigenvalue weighted by Crippen LogP contribution is -2.27. The van der Waals surface area contributed by atoms with Gasteiger partial charge in [-0.15, -0.1) is 5.10 Å². The minimum Gasteiger partial charge on any atom is -0.445 e. The van der Waals surface area contributed by atoms with Gasteiger partial charge < -0.3 is 10.1 Å². The van der Waals surface area contributed by atoms with Crippen molar-refractivity contribution in [3.05, 3.63) is 48.3 Å². The van der Waals surface area contributed by atoms with E-state index < -0.39 is 6.09 Å². The lowest BCUT2D eigenvalue weighted by atomic mass is 10.2. The Bertz CT molecular complexity index is 470. The Morgan fingerprint density at radius 1 is 1.33 bits per heavy atom. The molecule has 94 valence electrons. The molecule has 1 aromatic heterocycles. The molecule has 0 saturated heterocycles. The largest absolute Gasteiger partial charge is 0.445 e. The second-order valence-corrected chi connectivity index (χ2v) is 3.65. The van der Waals surface area contributed by atoms with Crippen molar-refractivity contribution < 1.29 is 9.53 Å². The predicted molar refractivity (Wildman–Crippen MR) is 64.7 cm³/mol. The molecule has 0 aliphatic rings. The van der Waals surface area contributed by atoms with Crippen molar-refractivity contribution in [2.24, 2.45) is 0 Å². The number of hydrogen-bond acceptors (Lipinski definition) is 4. The molecular formula is C12H14N4O2. The van der Waals surface area contributed by atoms with Crippen molar-refractivity contribution >= 4 is 6.09 Å². The molecule has 2 aromatic rings. The molecule has 0 bridgehead atoms. The van der Waals surface area contributed by atoms with E-state index in [4.69, 9.17) is 4.74 Å². The van der Waals surface area contributed by atoms with Gasteiger partial charge in [0.15, 0.2) is 0 Å². The highest BCUT2D eigenvalue weighted by atomic mass is 16.5. The molecular weight excluding hydrogens is 232 g/mol. The highest BCUT2D eigenvalue weighted by Crippen LogP contribution is 2.00. The summed E-state index contributed by atoms with van der Waals surface area (Å²) < 4.78 is 6.69. The van der Waals surface area contributed by atoms with Crippen LogP contribution in [0.3, 0.4) is 0 Å². The van der Waals surface area contributed by atoms with E-state index in [1.807, 2.05) is 30.3 Å². The van der Waals surface area contributed by atoms with Crippen molar-refractivity contribution in [3.63, 3.8) is 0 Å². The molecule has 6 heteroatoms. The van der Waals surface area contributed by atoms with Gasteiger partial charge in [-0.2, -0.15) is 0 Å². The summed E-state index contributed by atoms with van der Waals surface area (Å²) in [5.74, 6) is 0. The fraction of sp³-hybridized carbons (Fsp3) is 0.250. The SMILES string of the molecule is O=C(NCCn1ccnn1)OCc1ccccc1. The van der Waals surface area contributed by atoms with E-state index >= 15 is 0 Å². The van der Waals surface area contributed by atoms with E-state index in [1.54, 1.807) is 17.1 Å². The highest BCUT2D eigenvalue weighted by molar-refractivity contribution is 5.67. The fourth-order valence-electron chi connectivity index (χ4n) is 1.40. The molecule has 0 radical (unpaired) electrons. The van der Waals surface area contributed by atoms with Crippen LogP contribution in [0.5, 0.6) is 0 Å². The minimum absolute atomic E-state index is 0.274. The van der Waals surface area contributed by atoms with Crippen molar-refractivity contribution in [1.82, 2.24) is 20.3 Å². The second-order valence-electron chi connectivity index (χ2n) is 3.65. The molecule has 6 nitrogen and oxygen atoms in total. The van der Waals surface area contributed by atoms with Gasteiger partial charge in [0.25, 0.3) is 0 Å². The lowest BCUT2D eigenvalue weighted by molar-refractivity contribution is 0.139. The van der Waals surface area contributed by atoms with E-state index in [0.29, 0.717) is 13.1 Å². The molecule has 1 N–H and O–H groups in total. The van der Waals surface area contributed by atoms with Crippen molar-refractivity contribution in [2.45, 2.75) is 13.2 Å². The molecule has 2 rings (SSSR count). The maximum atomic E-state index is 11.4. The van der Waals surface area contributed by atoms with Gasteiger partial charge in [-0.05, 0) is 5.56 Å². The van der Waals surface area contributed by atoms with Crippen LogP contribution in [-0.2, 0) is 17.9 Å². The van der Waals surface area contributed by atoms with E-state index in [2.05, 4.69) is 15.6 Å². The zero-order chi connectivity index (χ0) is 12.6. The van der Waals surface area contributed by atoms with Crippen LogP contribution in [-0.4, -0.2) is 27.6 Å². The molecule has 18 heavy (non-hydrogen) atoms. The molecule has 1 aromatic carbocycles. The second kappa shape index (κ2) is 6.39. The molecule has 1 heterocycles. The number of benzene rings is 1. The predicted octanol–water partition coefficient (Wildman–Crippen LogP) is 1.20. The number of nitrogens with zero attached hydrogens (tertiary/aromatic N) is 3. The summed E-state index contributed by atoms with van der Waals surface area (Å²) in [7, 11) is 0. The van der Waals surface area contributed by atoms with Crippen LogP contribution in [0.15, 0.2) is 42.7 Å². The van der Waals surface area contributed by atoms with Crippen molar-refractivity contribution in [2.75, 3.05) is 6.54 Å². The van der Waals surface area contributed by atoms with Gasteiger partial charge in [0.1, 0.15) is 6.61 Å². The van der Waals surface area contributed by atoms with Crippen molar-refractivity contribution in [3.8, 4) is 0 Å². The first-order chi connectivity index (χ1) is 8.84. The topological polar surface area (TPSA) is 69.0 Å². The van der Waals surface area contributed by atoms with Crippen LogP contribution in [0.1, 0.15) is 5.56 Å². The molecule has 0 spiro atoms. The summed E-state index contributed by atoms with van der Waals surface area (Å²) in [6.45, 7) is 1.30. The normalized spacial score (nSPS) is 10.0. The number of carbonyl (C=O) groups excluding carboxylic acids is 1. The van der Waals surface area contributed by atoms with Gasteiger partial charge in [-0.3, -0.25) is 4.68 Å². The van der Waals surface area contributed by atoms with Crippen LogP contribution in [0.4, 0.5) is 4.79 Å². The zero-order valence-corrected chi connectivity index (χ0v) is 9.82. The summed E-state index contributed by atoms with van der Waals surface area (Å²) in [6, 6.07) is 9.54. The number of carbonyl (C=O) groups is 1. The standard InChI is InChI=1S/C12H14N4O2/c17-12(13-6-8-16-9-7-14-15-16)18-10-11-4-2-1-3-5-11/h1-5,7,9H,6,8,10H2,(H,13,17). The maximum absolute atomic E-state index is 11.4. The Hall–Kier alpha value is -2.37. The number of alkyl carbamates (subject to hydrolysis) is 1. The number of nitrogens with one attached hydrogen (secondary N) is 1. The molecule has 0 aliphatic carbocycles. The first-order valence-electron chi connectivity index (χ1n) is 5.63. The monoisotopic (exact) mass is 246 g/mol. The van der Waals surface area contributed by atoms with E-state index in [1.165, 1.54) is 0 Å². The van der Waals surface area contributed by atoms with E-state index in [0.717, 1.165) is 5.56 Å². The number of hydrogen-bond donors (Lipinski definition) is 1. The average Bonchev–Trinajstić information content (AvgIpc) is 2.91. The summed E-state index contributed by atoms with van der Waals surface area (Å²) in [4.78, 5) is 11.4. The average molecular weight is 246 g/mol. The van der Waals surface area contributed by atoms with Gasteiger partial charge in [0.2, 0.25) is 0 Å². The number of amides is 1. The van der Waals surface area contributed by atoms with Crippen LogP contribution >= 0.6 is 0 Å². The Morgan fingerprint density at radius 2 is 2.17 bits per heavy atom. The van der Waals surface area contributed by atoms with E-state index in [9.17, 15) is 4.79 Å². The third-order valence-electron chi connectivity index (χ3n) is 2.29. The van der Waals surface area contributed by atoms with Crippen LogP contribution < -0.4 is 5.32 Å². The third kappa shape index (κ3) is 3.89. The van der Waals surface area contributed by atoms with Gasteiger partial charge >= 0.3 is 6.09 Å². The summed E-state index contributed by atoms with van der Waals surface area (Å²) in [5, 5.41) is 10.1. The van der Waals surface area contributed by atoms with Crippen molar-refractivity contribution in [1.29, 1.82) is 0 Å². The van der Waals surface area contributed by atoms with Crippen LogP contribution in [0.25, 0.3) is 0 Å². The molecule has 0 fully saturated rings. The smallest absolute Gasteiger partial charge is 0.407 e. The zero-order valence-electron chi connectivity index (χ0n) is 9.82. The molecule has 0 unspecified atom stereocenters. The maximum Gasteiger partial charge on any atom is 0.407 e. The summed E-state index contributed by atoms with van der Waals surface area (Å²) in [5.41, 5.74) is 0.962.